The van der Waals surface area contributed by atoms with Gasteiger partial charge in [0.15, 0.2) is 0 Å². The Morgan fingerprint density at radius 1 is 1.47 bits per heavy atom. The molecule has 4 heteroatoms. The van der Waals surface area contributed by atoms with Crippen LogP contribution >= 0.6 is 0 Å². The number of nitrogens with two attached hydrogens (primary N) is 1. The highest BCUT2D eigenvalue weighted by atomic mass is 16.5. The van der Waals surface area contributed by atoms with Gasteiger partial charge in [0.05, 0.1) is 24.0 Å². The van der Waals surface area contributed by atoms with Crippen molar-refractivity contribution in [3.8, 4) is 0 Å². The van der Waals surface area contributed by atoms with Crippen LogP contribution < -0.4 is 11.1 Å². The zero-order valence-electron chi connectivity index (χ0n) is 10.2. The molecule has 1 saturated carbocycles. The summed E-state index contributed by atoms with van der Waals surface area (Å²) in [5.74, 6) is -0.359. The fraction of sp³-hybridized carbons (Fsp3) is 0.462. The number of para-hydroxylation sites is 1. The van der Waals surface area contributed by atoms with Crippen molar-refractivity contribution < 1.29 is 9.53 Å². The van der Waals surface area contributed by atoms with Gasteiger partial charge in [-0.15, -0.1) is 0 Å². The lowest BCUT2D eigenvalue weighted by molar-refractivity contribution is 0.0601. The Bertz CT molecular complexity index is 439. The highest BCUT2D eigenvalue weighted by molar-refractivity contribution is 5.98. The van der Waals surface area contributed by atoms with Gasteiger partial charge in [-0.3, -0.25) is 0 Å². The molecule has 1 aliphatic carbocycles. The van der Waals surface area contributed by atoms with Gasteiger partial charge in [0, 0.05) is 5.54 Å². The Labute approximate surface area is 101 Å². The summed E-state index contributed by atoms with van der Waals surface area (Å²) >= 11 is 0. The zero-order chi connectivity index (χ0) is 12.5. The van der Waals surface area contributed by atoms with Crippen LogP contribution in [0.25, 0.3) is 0 Å². The smallest absolute Gasteiger partial charge is 0.340 e. The van der Waals surface area contributed by atoms with E-state index in [-0.39, 0.29) is 11.5 Å². The quantitative estimate of drug-likeness (QED) is 0.622. The molecule has 1 aromatic carbocycles. The molecule has 4 nitrogen and oxygen atoms in total. The molecule has 0 aromatic heterocycles. The van der Waals surface area contributed by atoms with E-state index in [2.05, 4.69) is 12.2 Å². The van der Waals surface area contributed by atoms with E-state index in [1.807, 2.05) is 0 Å². The van der Waals surface area contributed by atoms with Crippen molar-refractivity contribution in [3.63, 3.8) is 0 Å². The van der Waals surface area contributed by atoms with E-state index in [0.717, 1.165) is 12.8 Å². The molecular weight excluding hydrogens is 216 g/mol. The maximum atomic E-state index is 11.7. The molecule has 3 N–H and O–H groups in total. The molecule has 0 heterocycles. The van der Waals surface area contributed by atoms with Gasteiger partial charge in [0.1, 0.15) is 0 Å². The van der Waals surface area contributed by atoms with Gasteiger partial charge in [-0.25, -0.2) is 4.79 Å². The summed E-state index contributed by atoms with van der Waals surface area (Å²) in [4.78, 5) is 11.7. The van der Waals surface area contributed by atoms with E-state index in [9.17, 15) is 4.79 Å². The largest absolute Gasteiger partial charge is 0.465 e. The molecule has 0 radical (unpaired) electrons. The summed E-state index contributed by atoms with van der Waals surface area (Å²) in [5.41, 5.74) is 7.76. The van der Waals surface area contributed by atoms with Crippen LogP contribution in [0.2, 0.25) is 0 Å². The first-order valence-electron chi connectivity index (χ1n) is 5.81. The lowest BCUT2D eigenvalue weighted by Gasteiger charge is -2.40. The number of hydrogen-bond acceptors (Lipinski definition) is 4. The molecule has 0 unspecified atom stereocenters. The third kappa shape index (κ3) is 2.20. The number of hydrogen-bond donors (Lipinski definition) is 2. The van der Waals surface area contributed by atoms with Crippen LogP contribution in [0, 0.1) is 0 Å². The standard InChI is InChI=1S/C13H18N2O2/c1-13(7-4-8-13)15-11-9(12(16)17-2)5-3-6-10(11)14/h3,5-6,15H,4,7-8,14H2,1-2H3. The average molecular weight is 234 g/mol. The predicted octanol–water partition coefficient (Wildman–Crippen LogP) is 2.41. The summed E-state index contributed by atoms with van der Waals surface area (Å²) in [5, 5.41) is 3.38. The molecule has 17 heavy (non-hydrogen) atoms. The molecule has 2 rings (SSSR count). The molecule has 0 atom stereocenters. The van der Waals surface area contributed by atoms with Crippen LogP contribution in [0.5, 0.6) is 0 Å². The zero-order valence-corrected chi connectivity index (χ0v) is 10.2. The number of nitrogen functional groups attached to an aromatic ring is 1. The minimum atomic E-state index is -0.359. The Balaban J connectivity index is 2.33. The number of benzene rings is 1. The van der Waals surface area contributed by atoms with Gasteiger partial charge in [-0.05, 0) is 38.3 Å². The van der Waals surface area contributed by atoms with Gasteiger partial charge in [-0.1, -0.05) is 6.07 Å². The Morgan fingerprint density at radius 2 is 2.18 bits per heavy atom. The van der Waals surface area contributed by atoms with Gasteiger partial charge < -0.3 is 15.8 Å². The van der Waals surface area contributed by atoms with E-state index in [4.69, 9.17) is 10.5 Å². The van der Waals surface area contributed by atoms with Gasteiger partial charge in [0.2, 0.25) is 0 Å². The molecule has 0 spiro atoms. The molecule has 0 saturated heterocycles. The average Bonchev–Trinajstić information content (AvgIpc) is 2.28. The summed E-state index contributed by atoms with van der Waals surface area (Å²) in [6, 6.07) is 5.28. The molecule has 0 amide bonds. The number of esters is 1. The van der Waals surface area contributed by atoms with Crippen molar-refractivity contribution in [3.05, 3.63) is 23.8 Å². The molecule has 1 aliphatic rings. The van der Waals surface area contributed by atoms with E-state index >= 15 is 0 Å². The van der Waals surface area contributed by atoms with Crippen LogP contribution in [0.4, 0.5) is 11.4 Å². The number of rotatable bonds is 3. The van der Waals surface area contributed by atoms with Gasteiger partial charge >= 0.3 is 5.97 Å². The van der Waals surface area contributed by atoms with Crippen molar-refractivity contribution in [1.29, 1.82) is 0 Å². The van der Waals surface area contributed by atoms with Crippen LogP contribution in [0.15, 0.2) is 18.2 Å². The number of ether oxygens (including phenoxy) is 1. The van der Waals surface area contributed by atoms with Crippen molar-refractivity contribution >= 4 is 17.3 Å². The topological polar surface area (TPSA) is 64.3 Å². The number of anilines is 2. The van der Waals surface area contributed by atoms with Crippen molar-refractivity contribution in [2.75, 3.05) is 18.2 Å². The monoisotopic (exact) mass is 234 g/mol. The Morgan fingerprint density at radius 3 is 2.71 bits per heavy atom. The minimum absolute atomic E-state index is 0.0538. The van der Waals surface area contributed by atoms with E-state index in [0.29, 0.717) is 16.9 Å². The number of nitrogens with one attached hydrogen (secondary N) is 1. The fourth-order valence-electron chi connectivity index (χ4n) is 2.12. The lowest BCUT2D eigenvalue weighted by atomic mass is 9.78. The van der Waals surface area contributed by atoms with E-state index < -0.39 is 0 Å². The van der Waals surface area contributed by atoms with Crippen LogP contribution in [-0.2, 0) is 4.74 Å². The van der Waals surface area contributed by atoms with Crippen molar-refractivity contribution in [2.45, 2.75) is 31.7 Å². The lowest BCUT2D eigenvalue weighted by Crippen LogP contribution is -2.42. The summed E-state index contributed by atoms with van der Waals surface area (Å²) < 4.78 is 4.76. The van der Waals surface area contributed by atoms with E-state index in [1.165, 1.54) is 13.5 Å². The third-order valence-electron chi connectivity index (χ3n) is 3.39. The van der Waals surface area contributed by atoms with Gasteiger partial charge in [-0.2, -0.15) is 0 Å². The first-order chi connectivity index (χ1) is 8.06. The van der Waals surface area contributed by atoms with Crippen molar-refractivity contribution in [1.82, 2.24) is 0 Å². The molecule has 92 valence electrons. The molecular formula is C13H18N2O2. The second-order valence-electron chi connectivity index (χ2n) is 4.80. The number of carbonyl (C=O) groups is 1. The maximum Gasteiger partial charge on any atom is 0.340 e. The third-order valence-corrected chi connectivity index (χ3v) is 3.39. The first-order valence-corrected chi connectivity index (χ1v) is 5.81. The molecule has 0 bridgehead atoms. The maximum absolute atomic E-state index is 11.7. The normalized spacial score (nSPS) is 17.1. The van der Waals surface area contributed by atoms with E-state index in [1.54, 1.807) is 18.2 Å². The van der Waals surface area contributed by atoms with Crippen LogP contribution in [0.1, 0.15) is 36.5 Å². The summed E-state index contributed by atoms with van der Waals surface area (Å²) in [7, 11) is 1.38. The number of carbonyl (C=O) groups excluding carboxylic acids is 1. The first kappa shape index (κ1) is 11.8. The van der Waals surface area contributed by atoms with Crippen LogP contribution in [0.3, 0.4) is 0 Å². The summed E-state index contributed by atoms with van der Waals surface area (Å²) in [6.07, 6.45) is 3.41. The second-order valence-corrected chi connectivity index (χ2v) is 4.80. The molecule has 1 fully saturated rings. The van der Waals surface area contributed by atoms with Crippen molar-refractivity contribution in [2.24, 2.45) is 0 Å². The molecule has 0 aliphatic heterocycles. The van der Waals surface area contributed by atoms with Crippen LogP contribution in [-0.4, -0.2) is 18.6 Å². The highest BCUT2D eigenvalue weighted by Gasteiger charge is 2.33. The molecule has 1 aromatic rings. The number of methoxy groups -OCH3 is 1. The highest BCUT2D eigenvalue weighted by Crippen LogP contribution is 2.37. The Kier molecular flexibility index (Phi) is 2.96. The second kappa shape index (κ2) is 4.28. The van der Waals surface area contributed by atoms with Gasteiger partial charge in [0.25, 0.3) is 0 Å². The Hall–Kier alpha value is -1.71. The SMILES string of the molecule is COC(=O)c1cccc(N)c1NC1(C)CCC1. The summed E-state index contributed by atoms with van der Waals surface area (Å²) in [6.45, 7) is 2.14. The predicted molar refractivity (Wildman–Crippen MR) is 68.1 cm³/mol. The minimum Gasteiger partial charge on any atom is -0.465 e. The fourth-order valence-corrected chi connectivity index (χ4v) is 2.12.